The molecule has 0 fully saturated rings. The SMILES string of the molecule is C=Cc1c(/C=C(\C)Cl)c(C)cc2c1CCC2C. The van der Waals surface area contributed by atoms with Crippen LogP contribution in [-0.4, -0.2) is 0 Å². The lowest BCUT2D eigenvalue weighted by Gasteiger charge is -2.14. The summed E-state index contributed by atoms with van der Waals surface area (Å²) in [5, 5.41) is 0.821. The van der Waals surface area contributed by atoms with E-state index in [1.165, 1.54) is 40.7 Å². The van der Waals surface area contributed by atoms with Crippen molar-refractivity contribution in [3.63, 3.8) is 0 Å². The minimum Gasteiger partial charge on any atom is -0.0984 e. The number of aryl methyl sites for hydroxylation is 1. The van der Waals surface area contributed by atoms with Crippen LogP contribution in [0.3, 0.4) is 0 Å². The molecule has 1 aromatic rings. The molecule has 0 amide bonds. The lowest BCUT2D eigenvalue weighted by atomic mass is 9.91. The number of rotatable bonds is 2. The van der Waals surface area contributed by atoms with Crippen LogP contribution in [0.2, 0.25) is 0 Å². The molecule has 0 N–H and O–H groups in total. The fourth-order valence-corrected chi connectivity index (χ4v) is 2.90. The van der Waals surface area contributed by atoms with E-state index >= 15 is 0 Å². The van der Waals surface area contributed by atoms with Crippen molar-refractivity contribution in [2.75, 3.05) is 0 Å². The average Bonchev–Trinajstić information content (AvgIpc) is 2.61. The van der Waals surface area contributed by atoms with E-state index in [2.05, 4.69) is 32.6 Å². The third kappa shape index (κ3) is 2.19. The Morgan fingerprint density at radius 1 is 1.47 bits per heavy atom. The van der Waals surface area contributed by atoms with Crippen LogP contribution in [0.4, 0.5) is 0 Å². The smallest absolute Gasteiger partial charge is 0.0156 e. The van der Waals surface area contributed by atoms with Gasteiger partial charge in [0.05, 0.1) is 0 Å². The zero-order valence-corrected chi connectivity index (χ0v) is 11.6. The highest BCUT2D eigenvalue weighted by atomic mass is 35.5. The van der Waals surface area contributed by atoms with E-state index in [0.29, 0.717) is 5.92 Å². The second-order valence-electron chi connectivity index (χ2n) is 4.96. The predicted octanol–water partition coefficient (Wildman–Crippen LogP) is 5.29. The van der Waals surface area contributed by atoms with Gasteiger partial charge in [-0.15, -0.1) is 0 Å². The van der Waals surface area contributed by atoms with Gasteiger partial charge in [0.2, 0.25) is 0 Å². The number of allylic oxidation sites excluding steroid dienone is 1. The van der Waals surface area contributed by atoms with Crippen molar-refractivity contribution in [2.45, 2.75) is 39.5 Å². The van der Waals surface area contributed by atoms with Crippen molar-refractivity contribution < 1.29 is 0 Å². The van der Waals surface area contributed by atoms with E-state index in [9.17, 15) is 0 Å². The second kappa shape index (κ2) is 4.70. The lowest BCUT2D eigenvalue weighted by molar-refractivity contribution is 0.747. The highest BCUT2D eigenvalue weighted by molar-refractivity contribution is 6.31. The van der Waals surface area contributed by atoms with Gasteiger partial charge in [0.1, 0.15) is 0 Å². The molecule has 1 atom stereocenters. The quantitative estimate of drug-likeness (QED) is 0.665. The molecule has 0 nitrogen and oxygen atoms in total. The molecule has 17 heavy (non-hydrogen) atoms. The molecule has 1 heteroatoms. The first-order valence-electron chi connectivity index (χ1n) is 6.17. The fourth-order valence-electron chi connectivity index (χ4n) is 2.79. The zero-order chi connectivity index (χ0) is 12.6. The van der Waals surface area contributed by atoms with Crippen molar-refractivity contribution in [3.8, 4) is 0 Å². The summed E-state index contributed by atoms with van der Waals surface area (Å²) >= 11 is 6.02. The van der Waals surface area contributed by atoms with Gasteiger partial charge < -0.3 is 0 Å². The Labute approximate surface area is 109 Å². The second-order valence-corrected chi connectivity index (χ2v) is 5.56. The summed E-state index contributed by atoms with van der Waals surface area (Å²) in [6.07, 6.45) is 6.45. The first kappa shape index (κ1) is 12.4. The van der Waals surface area contributed by atoms with E-state index in [-0.39, 0.29) is 0 Å². The standard InChI is InChI=1S/C16H19Cl/c1-5-13-14-7-6-10(2)15(14)8-11(3)16(13)9-12(4)17/h5,8-10H,1,6-7H2,2-4H3/b12-9+. The molecule has 1 unspecified atom stereocenters. The van der Waals surface area contributed by atoms with Crippen LogP contribution >= 0.6 is 11.6 Å². The number of halogens is 1. The number of hydrogen-bond acceptors (Lipinski definition) is 0. The predicted molar refractivity (Wildman–Crippen MR) is 77.5 cm³/mol. The van der Waals surface area contributed by atoms with Gasteiger partial charge in [-0.3, -0.25) is 0 Å². The largest absolute Gasteiger partial charge is 0.0984 e. The third-order valence-electron chi connectivity index (χ3n) is 3.67. The summed E-state index contributed by atoms with van der Waals surface area (Å²) in [5.74, 6) is 0.678. The highest BCUT2D eigenvalue weighted by Gasteiger charge is 2.22. The molecule has 1 aliphatic carbocycles. The molecule has 0 saturated heterocycles. The van der Waals surface area contributed by atoms with E-state index < -0.39 is 0 Å². The normalized spacial score (nSPS) is 19.3. The number of fused-ring (bicyclic) bond motifs is 1. The maximum absolute atomic E-state index is 6.02. The molecule has 0 heterocycles. The molecule has 90 valence electrons. The van der Waals surface area contributed by atoms with Gasteiger partial charge in [-0.2, -0.15) is 0 Å². The van der Waals surface area contributed by atoms with Gasteiger partial charge in [0.15, 0.2) is 0 Å². The molecule has 1 aliphatic rings. The Hall–Kier alpha value is -1.01. The molecule has 0 aromatic heterocycles. The monoisotopic (exact) mass is 246 g/mol. The first-order valence-corrected chi connectivity index (χ1v) is 6.55. The lowest BCUT2D eigenvalue weighted by Crippen LogP contribution is -1.96. The minimum absolute atomic E-state index is 0.678. The van der Waals surface area contributed by atoms with Crippen LogP contribution in [-0.2, 0) is 6.42 Å². The van der Waals surface area contributed by atoms with Crippen molar-refractivity contribution in [1.29, 1.82) is 0 Å². The van der Waals surface area contributed by atoms with Crippen LogP contribution in [0.1, 0.15) is 54.0 Å². The summed E-state index contributed by atoms with van der Waals surface area (Å²) < 4.78 is 0. The van der Waals surface area contributed by atoms with Gasteiger partial charge in [0.25, 0.3) is 0 Å². The van der Waals surface area contributed by atoms with Crippen LogP contribution in [0.15, 0.2) is 17.7 Å². The first-order chi connectivity index (χ1) is 8.04. The van der Waals surface area contributed by atoms with Crippen molar-refractivity contribution in [2.24, 2.45) is 0 Å². The Morgan fingerprint density at radius 3 is 2.76 bits per heavy atom. The van der Waals surface area contributed by atoms with Crippen LogP contribution in [0, 0.1) is 6.92 Å². The third-order valence-corrected chi connectivity index (χ3v) is 3.78. The number of hydrogen-bond donors (Lipinski definition) is 0. The van der Waals surface area contributed by atoms with Crippen LogP contribution in [0.5, 0.6) is 0 Å². The fraction of sp³-hybridized carbons (Fsp3) is 0.375. The zero-order valence-electron chi connectivity index (χ0n) is 10.8. The summed E-state index contributed by atoms with van der Waals surface area (Å²) in [5.41, 5.74) is 6.79. The summed E-state index contributed by atoms with van der Waals surface area (Å²) in [6.45, 7) is 10.4. The average molecular weight is 247 g/mol. The van der Waals surface area contributed by atoms with Crippen molar-refractivity contribution in [3.05, 3.63) is 45.5 Å². The van der Waals surface area contributed by atoms with E-state index in [0.717, 1.165) is 5.03 Å². The topological polar surface area (TPSA) is 0 Å². The van der Waals surface area contributed by atoms with Crippen molar-refractivity contribution in [1.82, 2.24) is 0 Å². The Bertz CT molecular complexity index is 491. The van der Waals surface area contributed by atoms with Gasteiger partial charge in [0, 0.05) is 5.03 Å². The molecule has 0 radical (unpaired) electrons. The van der Waals surface area contributed by atoms with Crippen LogP contribution in [0.25, 0.3) is 12.2 Å². The Kier molecular flexibility index (Phi) is 3.44. The van der Waals surface area contributed by atoms with Gasteiger partial charge in [-0.25, -0.2) is 0 Å². The molecule has 0 bridgehead atoms. The van der Waals surface area contributed by atoms with E-state index in [4.69, 9.17) is 11.6 Å². The molecular weight excluding hydrogens is 228 g/mol. The Morgan fingerprint density at radius 2 is 2.18 bits per heavy atom. The molecule has 0 aliphatic heterocycles. The maximum atomic E-state index is 6.02. The summed E-state index contributed by atoms with van der Waals surface area (Å²) in [6, 6.07) is 2.33. The maximum Gasteiger partial charge on any atom is 0.0156 e. The molecule has 0 saturated carbocycles. The van der Waals surface area contributed by atoms with Gasteiger partial charge in [-0.05, 0) is 66.5 Å². The van der Waals surface area contributed by atoms with E-state index in [1.54, 1.807) is 0 Å². The summed E-state index contributed by atoms with van der Waals surface area (Å²) in [7, 11) is 0. The van der Waals surface area contributed by atoms with E-state index in [1.807, 2.05) is 13.0 Å². The highest BCUT2D eigenvalue weighted by Crippen LogP contribution is 2.38. The van der Waals surface area contributed by atoms with Gasteiger partial charge >= 0.3 is 0 Å². The Balaban J connectivity index is 2.70. The van der Waals surface area contributed by atoms with Crippen LogP contribution < -0.4 is 0 Å². The number of benzene rings is 1. The summed E-state index contributed by atoms with van der Waals surface area (Å²) in [4.78, 5) is 0. The molecule has 1 aromatic carbocycles. The molecule has 0 spiro atoms. The minimum atomic E-state index is 0.678. The van der Waals surface area contributed by atoms with Crippen molar-refractivity contribution >= 4 is 23.8 Å². The van der Waals surface area contributed by atoms with Gasteiger partial charge in [-0.1, -0.05) is 37.2 Å². The molecular formula is C16H19Cl. The molecule has 2 rings (SSSR count).